The van der Waals surface area contributed by atoms with Gasteiger partial charge in [-0.2, -0.15) is 0 Å². The van der Waals surface area contributed by atoms with Gasteiger partial charge in [-0.05, 0) is 25.1 Å². The third-order valence-corrected chi connectivity index (χ3v) is 1.88. The largest absolute Gasteiger partial charge is 0.458 e. The SMILES string of the molecule is CCOC(=O)/C(=C\Nc1cccc(F)c1)[N+](=O)[O-]. The van der Waals surface area contributed by atoms with Gasteiger partial charge in [-0.3, -0.25) is 10.1 Å². The zero-order chi connectivity index (χ0) is 13.5. The van der Waals surface area contributed by atoms with Gasteiger partial charge < -0.3 is 10.1 Å². The third-order valence-electron chi connectivity index (χ3n) is 1.88. The van der Waals surface area contributed by atoms with E-state index in [-0.39, 0.29) is 6.61 Å². The molecule has 0 aliphatic carbocycles. The molecule has 0 aliphatic rings. The Labute approximate surface area is 102 Å². The number of ether oxygens (including phenoxy) is 1. The topological polar surface area (TPSA) is 81.5 Å². The van der Waals surface area contributed by atoms with Crippen molar-refractivity contribution in [2.45, 2.75) is 6.92 Å². The summed E-state index contributed by atoms with van der Waals surface area (Å²) in [6.45, 7) is 1.57. The predicted octanol–water partition coefficient (Wildman–Crippen LogP) is 1.92. The lowest BCUT2D eigenvalue weighted by molar-refractivity contribution is -0.421. The van der Waals surface area contributed by atoms with E-state index in [4.69, 9.17) is 0 Å². The lowest BCUT2D eigenvalue weighted by atomic mass is 10.3. The Balaban J connectivity index is 2.84. The van der Waals surface area contributed by atoms with Gasteiger partial charge in [0.25, 0.3) is 0 Å². The Hall–Kier alpha value is -2.44. The van der Waals surface area contributed by atoms with Gasteiger partial charge in [-0.15, -0.1) is 0 Å². The summed E-state index contributed by atoms with van der Waals surface area (Å²) in [7, 11) is 0. The number of esters is 1. The van der Waals surface area contributed by atoms with Crippen LogP contribution in [0.15, 0.2) is 36.2 Å². The van der Waals surface area contributed by atoms with Crippen LogP contribution in [0.1, 0.15) is 6.92 Å². The van der Waals surface area contributed by atoms with Crippen LogP contribution < -0.4 is 5.32 Å². The Morgan fingerprint density at radius 1 is 1.61 bits per heavy atom. The zero-order valence-corrected chi connectivity index (χ0v) is 9.55. The first kappa shape index (κ1) is 13.6. The van der Waals surface area contributed by atoms with E-state index in [2.05, 4.69) is 10.1 Å². The molecule has 0 amide bonds. The van der Waals surface area contributed by atoms with Crippen LogP contribution >= 0.6 is 0 Å². The highest BCUT2D eigenvalue weighted by molar-refractivity contribution is 5.86. The minimum atomic E-state index is -1.05. The van der Waals surface area contributed by atoms with Crippen molar-refractivity contribution in [1.29, 1.82) is 0 Å². The van der Waals surface area contributed by atoms with Crippen LogP contribution in [0, 0.1) is 15.9 Å². The molecule has 0 saturated carbocycles. The number of benzene rings is 1. The fourth-order valence-electron chi connectivity index (χ4n) is 1.12. The number of halogens is 1. The Kier molecular flexibility index (Phi) is 4.79. The number of nitro groups is 1. The van der Waals surface area contributed by atoms with Crippen LogP contribution in [-0.2, 0) is 9.53 Å². The quantitative estimate of drug-likeness (QED) is 0.375. The summed E-state index contributed by atoms with van der Waals surface area (Å²) in [6, 6.07) is 5.30. The number of anilines is 1. The molecule has 0 unspecified atom stereocenters. The van der Waals surface area contributed by atoms with Crippen LogP contribution in [0.25, 0.3) is 0 Å². The van der Waals surface area contributed by atoms with Gasteiger partial charge in [-0.1, -0.05) is 6.07 Å². The summed E-state index contributed by atoms with van der Waals surface area (Å²) < 4.78 is 17.4. The monoisotopic (exact) mass is 254 g/mol. The first-order valence-corrected chi connectivity index (χ1v) is 5.08. The molecule has 96 valence electrons. The maximum absolute atomic E-state index is 12.8. The van der Waals surface area contributed by atoms with E-state index in [0.29, 0.717) is 5.69 Å². The van der Waals surface area contributed by atoms with Crippen LogP contribution in [0.3, 0.4) is 0 Å². The highest BCUT2D eigenvalue weighted by Crippen LogP contribution is 2.10. The molecule has 0 aliphatic heterocycles. The van der Waals surface area contributed by atoms with Gasteiger partial charge in [-0.25, -0.2) is 9.18 Å². The van der Waals surface area contributed by atoms with Gasteiger partial charge in [0.1, 0.15) is 5.82 Å². The van der Waals surface area contributed by atoms with Crippen molar-refractivity contribution in [1.82, 2.24) is 0 Å². The van der Waals surface area contributed by atoms with Gasteiger partial charge in [0, 0.05) is 5.69 Å². The molecule has 0 bridgehead atoms. The van der Waals surface area contributed by atoms with Gasteiger partial charge in [0.15, 0.2) is 0 Å². The molecule has 0 saturated heterocycles. The van der Waals surface area contributed by atoms with E-state index in [9.17, 15) is 19.3 Å². The Morgan fingerprint density at radius 3 is 2.89 bits per heavy atom. The summed E-state index contributed by atoms with van der Waals surface area (Å²) in [5.41, 5.74) is -0.459. The summed E-state index contributed by atoms with van der Waals surface area (Å²) in [5.74, 6) is -1.54. The minimum Gasteiger partial charge on any atom is -0.458 e. The number of hydrogen-bond donors (Lipinski definition) is 1. The lowest BCUT2D eigenvalue weighted by Crippen LogP contribution is -2.16. The number of hydrogen-bond acceptors (Lipinski definition) is 5. The summed E-state index contributed by atoms with van der Waals surface area (Å²) in [6.07, 6.45) is 0.868. The molecule has 1 rings (SSSR count). The molecular formula is C11H11FN2O4. The van der Waals surface area contributed by atoms with Crippen molar-refractivity contribution in [3.05, 3.63) is 52.1 Å². The van der Waals surface area contributed by atoms with E-state index < -0.39 is 22.4 Å². The first-order valence-electron chi connectivity index (χ1n) is 5.08. The maximum Gasteiger partial charge on any atom is 0.411 e. The van der Waals surface area contributed by atoms with Crippen LogP contribution in [-0.4, -0.2) is 17.5 Å². The lowest BCUT2D eigenvalue weighted by Gasteiger charge is -2.02. The third kappa shape index (κ3) is 3.85. The average molecular weight is 254 g/mol. The minimum absolute atomic E-state index is 0.0317. The molecule has 0 heterocycles. The second kappa shape index (κ2) is 6.33. The van der Waals surface area contributed by atoms with Crippen LogP contribution in [0.2, 0.25) is 0 Å². The smallest absolute Gasteiger partial charge is 0.411 e. The van der Waals surface area contributed by atoms with Crippen molar-refractivity contribution in [3.8, 4) is 0 Å². The van der Waals surface area contributed by atoms with Gasteiger partial charge >= 0.3 is 11.7 Å². The molecule has 1 N–H and O–H groups in total. The Bertz CT molecular complexity index is 488. The van der Waals surface area contributed by atoms with Crippen molar-refractivity contribution in [3.63, 3.8) is 0 Å². The fourth-order valence-corrected chi connectivity index (χ4v) is 1.12. The molecule has 0 fully saturated rings. The first-order chi connectivity index (χ1) is 8.54. The summed E-state index contributed by atoms with van der Waals surface area (Å²) in [5, 5.41) is 13.1. The van der Waals surface area contributed by atoms with Crippen LogP contribution in [0.4, 0.5) is 10.1 Å². The highest BCUT2D eigenvalue weighted by atomic mass is 19.1. The molecule has 0 atom stereocenters. The number of nitrogens with zero attached hydrogens (tertiary/aromatic N) is 1. The van der Waals surface area contributed by atoms with E-state index in [1.807, 2.05) is 0 Å². The molecule has 0 spiro atoms. The maximum atomic E-state index is 12.8. The van der Waals surface area contributed by atoms with Gasteiger partial charge in [0.05, 0.1) is 17.7 Å². The number of carbonyl (C=O) groups is 1. The molecule has 18 heavy (non-hydrogen) atoms. The average Bonchev–Trinajstić information content (AvgIpc) is 2.29. The normalized spacial score (nSPS) is 10.9. The molecule has 0 aromatic heterocycles. The van der Waals surface area contributed by atoms with Crippen molar-refractivity contribution in [2.24, 2.45) is 0 Å². The second-order valence-electron chi connectivity index (χ2n) is 3.16. The highest BCUT2D eigenvalue weighted by Gasteiger charge is 2.23. The number of nitrogens with one attached hydrogen (secondary N) is 1. The van der Waals surface area contributed by atoms with Crippen molar-refractivity contribution >= 4 is 11.7 Å². The number of rotatable bonds is 5. The van der Waals surface area contributed by atoms with E-state index in [0.717, 1.165) is 12.3 Å². The molecular weight excluding hydrogens is 243 g/mol. The van der Waals surface area contributed by atoms with Crippen molar-refractivity contribution < 1.29 is 18.8 Å². The molecule has 1 aromatic rings. The molecule has 7 heteroatoms. The van der Waals surface area contributed by atoms with Crippen molar-refractivity contribution in [2.75, 3.05) is 11.9 Å². The zero-order valence-electron chi connectivity index (χ0n) is 9.55. The fraction of sp³-hybridized carbons (Fsp3) is 0.182. The molecule has 0 radical (unpaired) electrons. The summed E-state index contributed by atoms with van der Waals surface area (Å²) in [4.78, 5) is 21.0. The Morgan fingerprint density at radius 2 is 2.33 bits per heavy atom. The van der Waals surface area contributed by atoms with Gasteiger partial charge in [0.2, 0.25) is 0 Å². The standard InChI is InChI=1S/C11H11FN2O4/c1-2-18-11(15)10(14(16)17)7-13-9-5-3-4-8(12)6-9/h3-7,13H,2H2,1H3/b10-7+. The summed E-state index contributed by atoms with van der Waals surface area (Å²) >= 11 is 0. The van der Waals surface area contributed by atoms with E-state index in [1.165, 1.54) is 25.1 Å². The van der Waals surface area contributed by atoms with E-state index >= 15 is 0 Å². The predicted molar refractivity (Wildman–Crippen MR) is 61.7 cm³/mol. The molecule has 6 nitrogen and oxygen atoms in total. The number of carbonyl (C=O) groups excluding carboxylic acids is 1. The van der Waals surface area contributed by atoms with E-state index in [1.54, 1.807) is 0 Å². The van der Waals surface area contributed by atoms with Crippen LogP contribution in [0.5, 0.6) is 0 Å². The second-order valence-corrected chi connectivity index (χ2v) is 3.16. The molecule has 1 aromatic carbocycles.